The van der Waals surface area contributed by atoms with E-state index in [2.05, 4.69) is 0 Å². The first-order valence-electron chi connectivity index (χ1n) is 2.96. The summed E-state index contributed by atoms with van der Waals surface area (Å²) in [6.45, 7) is 0. The van der Waals surface area contributed by atoms with Crippen LogP contribution in [0, 0.1) is 0 Å². The fourth-order valence-electron chi connectivity index (χ4n) is 0.715. The Kier molecular flexibility index (Phi) is 4.94. The summed E-state index contributed by atoms with van der Waals surface area (Å²) in [5.74, 6) is 0.713. The summed E-state index contributed by atoms with van der Waals surface area (Å²) in [5.41, 5.74) is 0.638. The van der Waals surface area contributed by atoms with Gasteiger partial charge in [-0.05, 0) is 12.1 Å². The standard InChI is InChI=1S/C8H8O2.Sn/c1-10-8-4-2-3-7(5-8)6-9;/h2-6H,1H3;. The number of ether oxygens (including phenoxy) is 1. The molecule has 0 amide bonds. The first-order valence-corrected chi connectivity index (χ1v) is 2.96. The number of aldehydes is 1. The van der Waals surface area contributed by atoms with E-state index in [9.17, 15) is 4.79 Å². The summed E-state index contributed by atoms with van der Waals surface area (Å²) in [4.78, 5) is 10.2. The average molecular weight is 255 g/mol. The third-order valence-corrected chi connectivity index (χ3v) is 1.23. The van der Waals surface area contributed by atoms with Crippen LogP contribution in [0.1, 0.15) is 10.4 Å². The largest absolute Gasteiger partial charge is 0.497 e. The summed E-state index contributed by atoms with van der Waals surface area (Å²) < 4.78 is 4.90. The van der Waals surface area contributed by atoms with Gasteiger partial charge in [0.2, 0.25) is 0 Å². The van der Waals surface area contributed by atoms with Crippen molar-refractivity contribution in [2.75, 3.05) is 7.11 Å². The first kappa shape index (κ1) is 10.5. The fraction of sp³-hybridized carbons (Fsp3) is 0.125. The van der Waals surface area contributed by atoms with Gasteiger partial charge in [0.05, 0.1) is 7.11 Å². The zero-order chi connectivity index (χ0) is 7.40. The van der Waals surface area contributed by atoms with Crippen LogP contribution < -0.4 is 4.74 Å². The molecule has 0 atom stereocenters. The Morgan fingerprint density at radius 3 is 2.73 bits per heavy atom. The van der Waals surface area contributed by atoms with Crippen LogP contribution in [0.3, 0.4) is 0 Å². The number of benzene rings is 1. The van der Waals surface area contributed by atoms with Gasteiger partial charge in [0.25, 0.3) is 0 Å². The minimum atomic E-state index is 0. The molecule has 1 aromatic carbocycles. The Morgan fingerprint density at radius 1 is 1.45 bits per heavy atom. The molecule has 4 radical (unpaired) electrons. The molecule has 3 heteroatoms. The SMILES string of the molecule is COc1cccc(C=O)c1.[Sn]. The van der Waals surface area contributed by atoms with E-state index in [1.54, 1.807) is 31.4 Å². The van der Waals surface area contributed by atoms with Crippen LogP contribution in [0.4, 0.5) is 0 Å². The summed E-state index contributed by atoms with van der Waals surface area (Å²) in [7, 11) is 1.57. The number of carbonyl (C=O) groups excluding carboxylic acids is 1. The molecule has 0 unspecified atom stereocenters. The maximum atomic E-state index is 10.2. The molecular weight excluding hydrogens is 247 g/mol. The molecule has 0 aliphatic rings. The molecule has 0 aromatic heterocycles. The second-order valence-electron chi connectivity index (χ2n) is 1.89. The molecule has 0 spiro atoms. The van der Waals surface area contributed by atoms with Crippen molar-refractivity contribution in [3.8, 4) is 5.75 Å². The molecule has 0 heterocycles. The monoisotopic (exact) mass is 256 g/mol. The van der Waals surface area contributed by atoms with Crippen LogP contribution in [0.2, 0.25) is 0 Å². The van der Waals surface area contributed by atoms with E-state index in [0.29, 0.717) is 11.3 Å². The van der Waals surface area contributed by atoms with E-state index < -0.39 is 0 Å². The van der Waals surface area contributed by atoms with Crippen LogP contribution >= 0.6 is 0 Å². The second kappa shape index (κ2) is 5.18. The topological polar surface area (TPSA) is 26.3 Å². The van der Waals surface area contributed by atoms with Crippen molar-refractivity contribution in [1.29, 1.82) is 0 Å². The molecule has 0 aliphatic heterocycles. The number of rotatable bonds is 2. The number of carbonyl (C=O) groups is 1. The number of hydrogen-bond donors (Lipinski definition) is 0. The van der Waals surface area contributed by atoms with E-state index in [4.69, 9.17) is 4.74 Å². The smallest absolute Gasteiger partial charge is 0.150 e. The van der Waals surface area contributed by atoms with Gasteiger partial charge >= 0.3 is 0 Å². The fourth-order valence-corrected chi connectivity index (χ4v) is 0.715. The van der Waals surface area contributed by atoms with Gasteiger partial charge in [-0.15, -0.1) is 0 Å². The van der Waals surface area contributed by atoms with Gasteiger partial charge in [0, 0.05) is 29.5 Å². The summed E-state index contributed by atoms with van der Waals surface area (Å²) in [5, 5.41) is 0. The normalized spacial score (nSPS) is 8.09. The zero-order valence-corrected chi connectivity index (χ0v) is 9.06. The van der Waals surface area contributed by atoms with Gasteiger partial charge < -0.3 is 4.74 Å². The van der Waals surface area contributed by atoms with Gasteiger partial charge in [-0.2, -0.15) is 0 Å². The molecule has 0 bridgehead atoms. The molecule has 56 valence electrons. The first-order chi connectivity index (χ1) is 4.86. The van der Waals surface area contributed by atoms with Crippen LogP contribution in [-0.2, 0) is 0 Å². The summed E-state index contributed by atoms with van der Waals surface area (Å²) >= 11 is 0. The minimum absolute atomic E-state index is 0. The van der Waals surface area contributed by atoms with Crippen molar-refractivity contribution in [2.45, 2.75) is 0 Å². The van der Waals surface area contributed by atoms with Gasteiger partial charge in [-0.3, -0.25) is 4.79 Å². The van der Waals surface area contributed by atoms with Crippen molar-refractivity contribution in [1.82, 2.24) is 0 Å². The van der Waals surface area contributed by atoms with E-state index in [0.717, 1.165) is 6.29 Å². The number of methoxy groups -OCH3 is 1. The van der Waals surface area contributed by atoms with Crippen LogP contribution in [0.25, 0.3) is 0 Å². The van der Waals surface area contributed by atoms with E-state index in [-0.39, 0.29) is 23.9 Å². The van der Waals surface area contributed by atoms with Gasteiger partial charge in [-0.1, -0.05) is 12.1 Å². The Labute approximate surface area is 82.5 Å². The average Bonchev–Trinajstić information content (AvgIpc) is 2.05. The third kappa shape index (κ3) is 2.92. The molecule has 0 fully saturated rings. The number of hydrogen-bond acceptors (Lipinski definition) is 2. The van der Waals surface area contributed by atoms with Crippen molar-refractivity contribution >= 4 is 30.2 Å². The Balaban J connectivity index is 0.000001000. The van der Waals surface area contributed by atoms with E-state index >= 15 is 0 Å². The molecular formula is C8H8O2Sn. The van der Waals surface area contributed by atoms with Gasteiger partial charge in [0.1, 0.15) is 12.0 Å². The maximum Gasteiger partial charge on any atom is 0.150 e. The molecule has 0 N–H and O–H groups in total. The van der Waals surface area contributed by atoms with E-state index in [1.165, 1.54) is 0 Å². The van der Waals surface area contributed by atoms with Gasteiger partial charge in [0.15, 0.2) is 0 Å². The Hall–Kier alpha value is -0.511. The Bertz CT molecular complexity index is 235. The van der Waals surface area contributed by atoms with Crippen molar-refractivity contribution in [3.05, 3.63) is 29.8 Å². The summed E-state index contributed by atoms with van der Waals surface area (Å²) in [6.07, 6.45) is 0.794. The van der Waals surface area contributed by atoms with Crippen LogP contribution in [0.15, 0.2) is 24.3 Å². The Morgan fingerprint density at radius 2 is 2.18 bits per heavy atom. The van der Waals surface area contributed by atoms with Crippen molar-refractivity contribution in [3.63, 3.8) is 0 Å². The van der Waals surface area contributed by atoms with Crippen LogP contribution in [-0.4, -0.2) is 37.3 Å². The minimum Gasteiger partial charge on any atom is -0.497 e. The van der Waals surface area contributed by atoms with Crippen LogP contribution in [0.5, 0.6) is 5.75 Å². The predicted molar refractivity (Wildman–Crippen MR) is 44.1 cm³/mol. The molecule has 1 aromatic rings. The van der Waals surface area contributed by atoms with E-state index in [1.807, 2.05) is 0 Å². The predicted octanol–water partition coefficient (Wildman–Crippen LogP) is 1.13. The molecule has 0 aliphatic carbocycles. The summed E-state index contributed by atoms with van der Waals surface area (Å²) in [6, 6.07) is 7.00. The van der Waals surface area contributed by atoms with Gasteiger partial charge in [-0.25, -0.2) is 0 Å². The molecule has 0 saturated heterocycles. The molecule has 2 nitrogen and oxygen atoms in total. The molecule has 0 saturated carbocycles. The maximum absolute atomic E-state index is 10.2. The quantitative estimate of drug-likeness (QED) is 0.584. The van der Waals surface area contributed by atoms with Crippen molar-refractivity contribution in [2.24, 2.45) is 0 Å². The third-order valence-electron chi connectivity index (χ3n) is 1.23. The molecule has 1 rings (SSSR count). The second-order valence-corrected chi connectivity index (χ2v) is 1.89. The van der Waals surface area contributed by atoms with Crippen molar-refractivity contribution < 1.29 is 9.53 Å². The molecule has 11 heavy (non-hydrogen) atoms. The zero-order valence-electron chi connectivity index (χ0n) is 6.20.